The lowest BCUT2D eigenvalue weighted by Gasteiger charge is -2.10. The van der Waals surface area contributed by atoms with Gasteiger partial charge in [0.15, 0.2) is 0 Å². The SMILES string of the molecule is COc1cc(OC)cc(C(=O)Nc2ccc3ccccc3c2)c1. The molecule has 0 bridgehead atoms. The average Bonchev–Trinajstić information content (AvgIpc) is 2.61. The number of benzene rings is 3. The summed E-state index contributed by atoms with van der Waals surface area (Å²) in [6.07, 6.45) is 0. The molecule has 0 saturated carbocycles. The number of carbonyl (C=O) groups is 1. The lowest BCUT2D eigenvalue weighted by Crippen LogP contribution is -2.12. The van der Waals surface area contributed by atoms with E-state index < -0.39 is 0 Å². The molecular weight excluding hydrogens is 290 g/mol. The van der Waals surface area contributed by atoms with E-state index in [4.69, 9.17) is 9.47 Å². The van der Waals surface area contributed by atoms with Crippen LogP contribution in [0.5, 0.6) is 11.5 Å². The van der Waals surface area contributed by atoms with Crippen LogP contribution in [-0.4, -0.2) is 20.1 Å². The van der Waals surface area contributed by atoms with E-state index in [-0.39, 0.29) is 5.91 Å². The number of anilines is 1. The molecule has 4 nitrogen and oxygen atoms in total. The second-order valence-corrected chi connectivity index (χ2v) is 5.12. The molecule has 4 heteroatoms. The maximum absolute atomic E-state index is 12.5. The Kier molecular flexibility index (Phi) is 4.15. The molecule has 0 aliphatic heterocycles. The second-order valence-electron chi connectivity index (χ2n) is 5.12. The van der Waals surface area contributed by atoms with Crippen molar-refractivity contribution in [2.75, 3.05) is 19.5 Å². The lowest BCUT2D eigenvalue weighted by molar-refractivity contribution is 0.102. The van der Waals surface area contributed by atoms with Crippen LogP contribution in [0.15, 0.2) is 60.7 Å². The summed E-state index contributed by atoms with van der Waals surface area (Å²) >= 11 is 0. The topological polar surface area (TPSA) is 47.6 Å². The van der Waals surface area contributed by atoms with E-state index in [1.807, 2.05) is 42.5 Å². The van der Waals surface area contributed by atoms with Crippen molar-refractivity contribution in [1.29, 1.82) is 0 Å². The number of methoxy groups -OCH3 is 2. The first-order valence-electron chi connectivity index (χ1n) is 7.23. The summed E-state index contributed by atoms with van der Waals surface area (Å²) in [6, 6.07) is 18.9. The third-order valence-corrected chi connectivity index (χ3v) is 3.62. The minimum absolute atomic E-state index is 0.211. The van der Waals surface area contributed by atoms with E-state index in [1.165, 1.54) is 0 Å². The van der Waals surface area contributed by atoms with Gasteiger partial charge in [-0.15, -0.1) is 0 Å². The Morgan fingerprint density at radius 1 is 0.826 bits per heavy atom. The van der Waals surface area contributed by atoms with Crippen LogP contribution in [0.2, 0.25) is 0 Å². The van der Waals surface area contributed by atoms with Crippen LogP contribution >= 0.6 is 0 Å². The Labute approximate surface area is 134 Å². The number of hydrogen-bond acceptors (Lipinski definition) is 3. The summed E-state index contributed by atoms with van der Waals surface area (Å²) in [5.74, 6) is 0.943. The first-order valence-corrected chi connectivity index (χ1v) is 7.23. The van der Waals surface area contributed by atoms with Gasteiger partial charge in [-0.2, -0.15) is 0 Å². The molecule has 3 rings (SSSR count). The highest BCUT2D eigenvalue weighted by atomic mass is 16.5. The number of hydrogen-bond donors (Lipinski definition) is 1. The fourth-order valence-electron chi connectivity index (χ4n) is 2.41. The molecule has 23 heavy (non-hydrogen) atoms. The first-order chi connectivity index (χ1) is 11.2. The Bertz CT molecular complexity index is 836. The highest BCUT2D eigenvalue weighted by molar-refractivity contribution is 6.05. The van der Waals surface area contributed by atoms with Crippen LogP contribution in [-0.2, 0) is 0 Å². The molecule has 0 aromatic heterocycles. The molecular formula is C19H17NO3. The number of carbonyl (C=O) groups excluding carboxylic acids is 1. The zero-order valence-corrected chi connectivity index (χ0v) is 13.0. The van der Waals surface area contributed by atoms with E-state index in [2.05, 4.69) is 5.32 Å². The predicted octanol–water partition coefficient (Wildman–Crippen LogP) is 4.11. The van der Waals surface area contributed by atoms with Crippen LogP contribution in [0, 0.1) is 0 Å². The minimum Gasteiger partial charge on any atom is -0.497 e. The van der Waals surface area contributed by atoms with E-state index in [0.717, 1.165) is 16.5 Å². The smallest absolute Gasteiger partial charge is 0.255 e. The van der Waals surface area contributed by atoms with Crippen molar-refractivity contribution in [3.05, 3.63) is 66.2 Å². The van der Waals surface area contributed by atoms with Gasteiger partial charge in [-0.25, -0.2) is 0 Å². The van der Waals surface area contributed by atoms with Gasteiger partial charge in [-0.05, 0) is 35.0 Å². The zero-order valence-electron chi connectivity index (χ0n) is 13.0. The van der Waals surface area contributed by atoms with Crippen molar-refractivity contribution >= 4 is 22.4 Å². The van der Waals surface area contributed by atoms with Crippen LogP contribution < -0.4 is 14.8 Å². The molecule has 0 heterocycles. The number of rotatable bonds is 4. The summed E-state index contributed by atoms with van der Waals surface area (Å²) in [5, 5.41) is 5.11. The maximum Gasteiger partial charge on any atom is 0.255 e. The standard InChI is InChI=1S/C19H17NO3/c1-22-17-10-15(11-18(12-17)23-2)19(21)20-16-8-7-13-5-3-4-6-14(13)9-16/h3-12H,1-2H3,(H,20,21). The van der Waals surface area contributed by atoms with Gasteiger partial charge in [-0.3, -0.25) is 4.79 Å². The molecule has 0 aliphatic carbocycles. The molecule has 1 amide bonds. The predicted molar refractivity (Wildman–Crippen MR) is 91.4 cm³/mol. The molecule has 0 fully saturated rings. The molecule has 3 aromatic carbocycles. The van der Waals surface area contributed by atoms with Gasteiger partial charge < -0.3 is 14.8 Å². The largest absolute Gasteiger partial charge is 0.497 e. The molecule has 0 aliphatic rings. The zero-order chi connectivity index (χ0) is 16.2. The van der Waals surface area contributed by atoms with Crippen molar-refractivity contribution in [2.45, 2.75) is 0 Å². The van der Waals surface area contributed by atoms with E-state index in [1.54, 1.807) is 32.4 Å². The quantitative estimate of drug-likeness (QED) is 0.789. The summed E-state index contributed by atoms with van der Waals surface area (Å²) in [5.41, 5.74) is 1.23. The lowest BCUT2D eigenvalue weighted by atomic mass is 10.1. The highest BCUT2D eigenvalue weighted by Crippen LogP contribution is 2.24. The molecule has 0 radical (unpaired) electrons. The molecule has 116 valence electrons. The molecule has 0 atom stereocenters. The average molecular weight is 307 g/mol. The van der Waals surface area contributed by atoms with Crippen molar-refractivity contribution in [1.82, 2.24) is 0 Å². The van der Waals surface area contributed by atoms with Gasteiger partial charge in [0.05, 0.1) is 14.2 Å². The van der Waals surface area contributed by atoms with Crippen molar-refractivity contribution < 1.29 is 14.3 Å². The van der Waals surface area contributed by atoms with Crippen LogP contribution in [0.3, 0.4) is 0 Å². The van der Waals surface area contributed by atoms with Crippen LogP contribution in [0.25, 0.3) is 10.8 Å². The molecule has 0 spiro atoms. The van der Waals surface area contributed by atoms with Crippen molar-refractivity contribution in [3.63, 3.8) is 0 Å². The van der Waals surface area contributed by atoms with E-state index in [0.29, 0.717) is 17.1 Å². The Morgan fingerprint density at radius 3 is 2.13 bits per heavy atom. The molecule has 0 saturated heterocycles. The van der Waals surface area contributed by atoms with Gasteiger partial charge in [0.1, 0.15) is 11.5 Å². The second kappa shape index (κ2) is 6.40. The molecule has 3 aromatic rings. The first kappa shape index (κ1) is 14.9. The van der Waals surface area contributed by atoms with Gasteiger partial charge >= 0.3 is 0 Å². The number of fused-ring (bicyclic) bond motifs is 1. The van der Waals surface area contributed by atoms with Gasteiger partial charge in [0, 0.05) is 17.3 Å². The van der Waals surface area contributed by atoms with Crippen LogP contribution in [0.1, 0.15) is 10.4 Å². The van der Waals surface area contributed by atoms with Crippen LogP contribution in [0.4, 0.5) is 5.69 Å². The Hall–Kier alpha value is -3.01. The van der Waals surface area contributed by atoms with E-state index in [9.17, 15) is 4.79 Å². The third-order valence-electron chi connectivity index (χ3n) is 3.62. The Balaban J connectivity index is 1.88. The number of ether oxygens (including phenoxy) is 2. The van der Waals surface area contributed by atoms with Gasteiger partial charge in [0.25, 0.3) is 5.91 Å². The van der Waals surface area contributed by atoms with Crippen molar-refractivity contribution in [2.24, 2.45) is 0 Å². The van der Waals surface area contributed by atoms with Crippen molar-refractivity contribution in [3.8, 4) is 11.5 Å². The number of amides is 1. The maximum atomic E-state index is 12.5. The fraction of sp³-hybridized carbons (Fsp3) is 0.105. The summed E-state index contributed by atoms with van der Waals surface area (Å²) in [7, 11) is 3.11. The summed E-state index contributed by atoms with van der Waals surface area (Å²) in [6.45, 7) is 0. The van der Waals surface area contributed by atoms with Gasteiger partial charge in [-0.1, -0.05) is 30.3 Å². The molecule has 1 N–H and O–H groups in total. The van der Waals surface area contributed by atoms with Gasteiger partial charge in [0.2, 0.25) is 0 Å². The number of nitrogens with one attached hydrogen (secondary N) is 1. The fourth-order valence-corrected chi connectivity index (χ4v) is 2.41. The van der Waals surface area contributed by atoms with E-state index >= 15 is 0 Å². The molecule has 0 unspecified atom stereocenters. The Morgan fingerprint density at radius 2 is 1.48 bits per heavy atom. The summed E-state index contributed by atoms with van der Waals surface area (Å²) < 4.78 is 10.4. The highest BCUT2D eigenvalue weighted by Gasteiger charge is 2.10. The summed E-state index contributed by atoms with van der Waals surface area (Å²) in [4.78, 5) is 12.5. The minimum atomic E-state index is -0.211. The normalized spacial score (nSPS) is 10.3. The third kappa shape index (κ3) is 3.26. The monoisotopic (exact) mass is 307 g/mol.